The molecule has 0 aromatic carbocycles. The molecule has 0 N–H and O–H groups in total. The third kappa shape index (κ3) is 1.15. The number of fused-ring (bicyclic) bond motifs is 1. The van der Waals surface area contributed by atoms with Crippen LogP contribution < -0.4 is 0 Å². The minimum Gasteiger partial charge on any atom is -0.457 e. The van der Waals surface area contributed by atoms with Crippen LogP contribution in [-0.2, 0) is 19.1 Å². The van der Waals surface area contributed by atoms with E-state index in [1.807, 2.05) is 0 Å². The Balaban J connectivity index is 1.85. The van der Waals surface area contributed by atoms with Gasteiger partial charge in [0.05, 0.1) is 6.07 Å². The summed E-state index contributed by atoms with van der Waals surface area (Å²) in [6.07, 6.45) is 0.307. The lowest BCUT2D eigenvalue weighted by Gasteiger charge is -2.27. The molecule has 0 aromatic rings. The molecule has 3 rings (SSSR count). The zero-order valence-electron chi connectivity index (χ0n) is 10.0. The first-order valence-corrected chi connectivity index (χ1v) is 5.98. The molecule has 1 heterocycles. The Kier molecular flexibility index (Phi) is 2.10. The second kappa shape index (κ2) is 3.35. The molecule has 1 saturated heterocycles. The fourth-order valence-corrected chi connectivity index (χ4v) is 3.51. The van der Waals surface area contributed by atoms with Crippen LogP contribution in [0, 0.1) is 28.6 Å². The molecule has 5 atom stereocenters. The number of esters is 2. The van der Waals surface area contributed by atoms with Gasteiger partial charge in [-0.25, -0.2) is 4.79 Å². The summed E-state index contributed by atoms with van der Waals surface area (Å²) < 4.78 is 10.6. The lowest BCUT2D eigenvalue weighted by atomic mass is 9.74. The highest BCUT2D eigenvalue weighted by atomic mass is 16.6. The summed E-state index contributed by atoms with van der Waals surface area (Å²) in [6, 6.07) is 2.11. The van der Waals surface area contributed by atoms with Crippen LogP contribution in [0.1, 0.15) is 19.8 Å². The molecule has 3 aliphatic rings. The maximum absolute atomic E-state index is 11.8. The van der Waals surface area contributed by atoms with Gasteiger partial charge >= 0.3 is 11.9 Å². The first kappa shape index (κ1) is 11.3. The van der Waals surface area contributed by atoms with Crippen LogP contribution in [0.2, 0.25) is 0 Å². The highest BCUT2D eigenvalue weighted by Crippen LogP contribution is 2.62. The molecule has 1 aliphatic heterocycles. The van der Waals surface area contributed by atoms with Gasteiger partial charge in [-0.3, -0.25) is 4.79 Å². The maximum atomic E-state index is 11.8. The van der Waals surface area contributed by atoms with Crippen LogP contribution in [0.3, 0.4) is 0 Å². The number of hydrogen-bond donors (Lipinski definition) is 0. The third-order valence-electron chi connectivity index (χ3n) is 4.36. The Morgan fingerprint density at radius 1 is 1.67 bits per heavy atom. The summed E-state index contributed by atoms with van der Waals surface area (Å²) in [4.78, 5) is 23.4. The zero-order valence-corrected chi connectivity index (χ0v) is 10.0. The Bertz CT molecular complexity index is 506. The van der Waals surface area contributed by atoms with Gasteiger partial charge in [0.15, 0.2) is 5.41 Å². The highest BCUT2D eigenvalue weighted by Gasteiger charge is 2.72. The van der Waals surface area contributed by atoms with Gasteiger partial charge in [-0.05, 0) is 19.8 Å². The van der Waals surface area contributed by atoms with E-state index < -0.39 is 29.6 Å². The molecule has 3 unspecified atom stereocenters. The predicted molar refractivity (Wildman–Crippen MR) is 58.8 cm³/mol. The molecule has 0 aromatic heterocycles. The van der Waals surface area contributed by atoms with Gasteiger partial charge in [0.1, 0.15) is 12.2 Å². The minimum atomic E-state index is -0.985. The van der Waals surface area contributed by atoms with Gasteiger partial charge in [0, 0.05) is 17.4 Å². The van der Waals surface area contributed by atoms with E-state index in [0.29, 0.717) is 12.0 Å². The summed E-state index contributed by atoms with van der Waals surface area (Å²) in [5.74, 6) is -0.980. The smallest absolute Gasteiger partial charge is 0.333 e. The van der Waals surface area contributed by atoms with E-state index in [1.54, 1.807) is 6.92 Å². The van der Waals surface area contributed by atoms with Crippen LogP contribution in [0.25, 0.3) is 0 Å². The van der Waals surface area contributed by atoms with E-state index in [4.69, 9.17) is 9.47 Å². The molecule has 3 fully saturated rings. The second-order valence-corrected chi connectivity index (χ2v) is 5.41. The minimum absolute atomic E-state index is 0.0504. The van der Waals surface area contributed by atoms with E-state index in [-0.39, 0.29) is 11.8 Å². The second-order valence-electron chi connectivity index (χ2n) is 5.41. The van der Waals surface area contributed by atoms with Crippen LogP contribution in [0.5, 0.6) is 0 Å². The zero-order chi connectivity index (χ0) is 13.1. The fraction of sp³-hybridized carbons (Fsp3) is 0.615. The Labute approximate surface area is 104 Å². The number of nitrogens with zero attached hydrogens (tertiary/aromatic N) is 1. The first-order valence-electron chi connectivity index (χ1n) is 5.98. The van der Waals surface area contributed by atoms with Gasteiger partial charge in [0.25, 0.3) is 0 Å². The molecular weight excluding hydrogens is 234 g/mol. The molecular formula is C13H13NO4. The van der Waals surface area contributed by atoms with Crippen molar-refractivity contribution in [3.63, 3.8) is 0 Å². The number of rotatable bonds is 2. The summed E-state index contributed by atoms with van der Waals surface area (Å²) in [5.41, 5.74) is -0.657. The fourth-order valence-electron chi connectivity index (χ4n) is 3.51. The quantitative estimate of drug-likeness (QED) is 0.536. The average molecular weight is 247 g/mol. The summed E-state index contributed by atoms with van der Waals surface area (Å²) in [7, 11) is 0. The van der Waals surface area contributed by atoms with Gasteiger partial charge in [-0.1, -0.05) is 6.58 Å². The normalized spacial score (nSPS) is 43.4. The number of carbonyl (C=O) groups excluding carboxylic acids is 2. The van der Waals surface area contributed by atoms with E-state index in [0.717, 1.165) is 6.42 Å². The van der Waals surface area contributed by atoms with Gasteiger partial charge < -0.3 is 9.47 Å². The molecule has 18 heavy (non-hydrogen) atoms. The van der Waals surface area contributed by atoms with Gasteiger partial charge in [0.2, 0.25) is 0 Å². The molecule has 94 valence electrons. The van der Waals surface area contributed by atoms with E-state index in [1.165, 1.54) is 0 Å². The molecule has 0 spiro atoms. The number of hydrogen-bond acceptors (Lipinski definition) is 5. The standard InChI is InChI=1S/C13H13NO4/c1-6(2)11(15)17-9-7-3-8-10(9)18-12(16)13(8,4-7)5-14/h7-10H,1,3-4H2,2H3/t7-,8-,9?,10?,13?/m0/s1. The van der Waals surface area contributed by atoms with Crippen molar-refractivity contribution in [3.8, 4) is 6.07 Å². The SMILES string of the molecule is C=C(C)C(=O)OC1C2OC(=O)C3(C#N)C[C@@H]1C[C@@H]23. The van der Waals surface area contributed by atoms with Crippen molar-refractivity contribution in [3.05, 3.63) is 12.2 Å². The maximum Gasteiger partial charge on any atom is 0.333 e. The van der Waals surface area contributed by atoms with E-state index >= 15 is 0 Å². The summed E-state index contributed by atoms with van der Waals surface area (Å²) in [5, 5.41) is 9.22. The predicted octanol–water partition coefficient (Wildman–Crippen LogP) is 0.949. The summed E-state index contributed by atoms with van der Waals surface area (Å²) in [6.45, 7) is 5.11. The summed E-state index contributed by atoms with van der Waals surface area (Å²) >= 11 is 0. The van der Waals surface area contributed by atoms with Crippen LogP contribution in [-0.4, -0.2) is 24.1 Å². The van der Waals surface area contributed by atoms with E-state index in [9.17, 15) is 14.9 Å². The molecule has 0 amide bonds. The Morgan fingerprint density at radius 3 is 3.00 bits per heavy atom. The topological polar surface area (TPSA) is 76.4 Å². The van der Waals surface area contributed by atoms with Crippen molar-refractivity contribution in [1.82, 2.24) is 0 Å². The van der Waals surface area contributed by atoms with Crippen molar-refractivity contribution < 1.29 is 19.1 Å². The number of carbonyl (C=O) groups is 2. The molecule has 2 saturated carbocycles. The molecule has 2 aliphatic carbocycles. The largest absolute Gasteiger partial charge is 0.457 e. The lowest BCUT2D eigenvalue weighted by Crippen LogP contribution is -2.39. The van der Waals surface area contributed by atoms with Crippen molar-refractivity contribution >= 4 is 11.9 Å². The van der Waals surface area contributed by atoms with Crippen molar-refractivity contribution in [1.29, 1.82) is 5.26 Å². The van der Waals surface area contributed by atoms with Crippen molar-refractivity contribution in [2.75, 3.05) is 0 Å². The van der Waals surface area contributed by atoms with Crippen LogP contribution >= 0.6 is 0 Å². The number of nitriles is 1. The third-order valence-corrected chi connectivity index (χ3v) is 4.36. The molecule has 0 radical (unpaired) electrons. The highest BCUT2D eigenvalue weighted by molar-refractivity contribution is 5.88. The van der Waals surface area contributed by atoms with Crippen LogP contribution in [0.4, 0.5) is 0 Å². The van der Waals surface area contributed by atoms with Gasteiger partial charge in [-0.2, -0.15) is 5.26 Å². The Morgan fingerprint density at radius 2 is 2.39 bits per heavy atom. The van der Waals surface area contributed by atoms with E-state index in [2.05, 4.69) is 12.6 Å². The lowest BCUT2D eigenvalue weighted by molar-refractivity contribution is -0.158. The number of ether oxygens (including phenoxy) is 2. The average Bonchev–Trinajstić information content (AvgIpc) is 2.90. The van der Waals surface area contributed by atoms with Gasteiger partial charge in [-0.15, -0.1) is 0 Å². The first-order chi connectivity index (χ1) is 8.49. The molecule has 5 heteroatoms. The monoisotopic (exact) mass is 247 g/mol. The van der Waals surface area contributed by atoms with Crippen molar-refractivity contribution in [2.45, 2.75) is 32.0 Å². The molecule has 2 bridgehead atoms. The Hall–Kier alpha value is -1.83. The van der Waals surface area contributed by atoms with Crippen LogP contribution in [0.15, 0.2) is 12.2 Å². The molecule has 5 nitrogen and oxygen atoms in total. The van der Waals surface area contributed by atoms with Crippen molar-refractivity contribution in [2.24, 2.45) is 17.3 Å².